The molecule has 0 radical (unpaired) electrons. The van der Waals surface area contributed by atoms with E-state index in [-0.39, 0.29) is 50.3 Å². The highest BCUT2D eigenvalue weighted by molar-refractivity contribution is 7.46. The summed E-state index contributed by atoms with van der Waals surface area (Å²) in [6.45, 7) is 7.60. The number of rotatable bonds is 26. The van der Waals surface area contributed by atoms with E-state index in [0.29, 0.717) is 44.8 Å². The van der Waals surface area contributed by atoms with Gasteiger partial charge in [0.2, 0.25) is 23.6 Å². The molecule has 322 valence electrons. The minimum absolute atomic E-state index is 0.00543. The van der Waals surface area contributed by atoms with Crippen LogP contribution in [0.5, 0.6) is 0 Å². The first-order valence-corrected chi connectivity index (χ1v) is 20.0. The molecule has 6 atom stereocenters. The highest BCUT2D eigenvalue weighted by atomic mass is 31.2. The van der Waals surface area contributed by atoms with Crippen LogP contribution in [-0.2, 0) is 69.9 Å². The molecule has 0 bridgehead atoms. The predicted octanol–water partition coefficient (Wildman–Crippen LogP) is -0.952. The normalized spacial score (nSPS) is 16.6. The molecule has 1 saturated heterocycles. The Balaban J connectivity index is 0.00000524. The zero-order valence-corrected chi connectivity index (χ0v) is 33.9. The summed E-state index contributed by atoms with van der Waals surface area (Å²) in [4.78, 5) is 120. The molecule has 7 N–H and O–H groups in total. The van der Waals surface area contributed by atoms with Gasteiger partial charge in [-0.1, -0.05) is 13.8 Å². The van der Waals surface area contributed by atoms with Crippen molar-refractivity contribution in [3.05, 3.63) is 18.2 Å². The molecular formula is C35H57N6O15P. The molecule has 2 heterocycles. The van der Waals surface area contributed by atoms with E-state index in [0.717, 1.165) is 6.92 Å². The monoisotopic (exact) mass is 832 g/mol. The van der Waals surface area contributed by atoms with Crippen molar-refractivity contribution in [2.24, 2.45) is 23.5 Å². The maximum atomic E-state index is 14.0. The number of carbonyl (C=O) groups excluding carboxylic acids is 8. The summed E-state index contributed by atoms with van der Waals surface area (Å²) in [5, 5.41) is 15.4. The van der Waals surface area contributed by atoms with E-state index in [9.17, 15) is 38.4 Å². The van der Waals surface area contributed by atoms with Crippen molar-refractivity contribution in [2.45, 2.75) is 103 Å². The summed E-state index contributed by atoms with van der Waals surface area (Å²) in [5.74, 6) is -6.63. The number of methoxy groups -OCH3 is 1. The number of amides is 4. The fourth-order valence-corrected chi connectivity index (χ4v) is 6.84. The van der Waals surface area contributed by atoms with Crippen LogP contribution in [-0.4, -0.2) is 135 Å². The van der Waals surface area contributed by atoms with Crippen LogP contribution >= 0.6 is 7.82 Å². The summed E-state index contributed by atoms with van der Waals surface area (Å²) in [6.07, 6.45) is 2.07. The number of aliphatic hydroxyl groups excluding tert-OH is 1. The topological polar surface area (TPSA) is 313 Å². The van der Waals surface area contributed by atoms with Gasteiger partial charge in [-0.05, 0) is 39.0 Å². The highest BCUT2D eigenvalue weighted by Gasteiger charge is 2.38. The molecular weight excluding hydrogens is 775 g/mol. The number of hydrogen-bond donors (Lipinski definition) is 6. The smallest absolute Gasteiger partial charge is 0.394 e. The van der Waals surface area contributed by atoms with Crippen LogP contribution in [0.2, 0.25) is 0 Å². The number of imidazole rings is 1. The largest absolute Gasteiger partial charge is 0.469 e. The maximum absolute atomic E-state index is 14.0. The number of likely N-dealkylation sites (tertiary alicyclic amines) is 1. The molecule has 1 aromatic heterocycles. The number of aryl methyl sites for hydroxylation is 1. The number of phosphoric acid groups is 1. The minimum atomic E-state index is -5.05. The Morgan fingerprint density at radius 1 is 1.04 bits per heavy atom. The Bertz CT molecular complexity index is 1560. The first-order valence-electron chi connectivity index (χ1n) is 18.5. The van der Waals surface area contributed by atoms with Gasteiger partial charge in [0, 0.05) is 51.4 Å². The van der Waals surface area contributed by atoms with Gasteiger partial charge in [-0.15, -0.1) is 0 Å². The minimum Gasteiger partial charge on any atom is -0.394 e. The summed E-state index contributed by atoms with van der Waals surface area (Å²) in [5.41, 5.74) is 5.97. The molecule has 2 rings (SSSR count). The number of aliphatic hydroxyl groups is 1. The Kier molecular flexibility index (Phi) is 23.1. The number of primary amides is 1. The van der Waals surface area contributed by atoms with Gasteiger partial charge in [0.1, 0.15) is 12.1 Å². The van der Waals surface area contributed by atoms with Gasteiger partial charge in [-0.2, -0.15) is 9.59 Å². The van der Waals surface area contributed by atoms with Gasteiger partial charge in [0.25, 0.3) is 0 Å². The average molecular weight is 833 g/mol. The van der Waals surface area contributed by atoms with E-state index in [2.05, 4.69) is 20.1 Å². The van der Waals surface area contributed by atoms with Gasteiger partial charge in [-0.3, -0.25) is 33.3 Å². The van der Waals surface area contributed by atoms with Crippen molar-refractivity contribution in [1.29, 1.82) is 0 Å². The second-order valence-electron chi connectivity index (χ2n) is 13.8. The number of Topliss-reactive ketones (excluding diaryl/α,β-unsaturated/α-hetero) is 2. The van der Waals surface area contributed by atoms with Crippen molar-refractivity contribution in [3.8, 4) is 0 Å². The number of nitrogens with one attached hydrogen (secondary N) is 2. The Labute approximate surface area is 331 Å². The van der Waals surface area contributed by atoms with Gasteiger partial charge in [0.15, 0.2) is 11.6 Å². The molecule has 57 heavy (non-hydrogen) atoms. The second-order valence-corrected chi connectivity index (χ2v) is 15.0. The molecule has 1 aromatic rings. The molecule has 1 aliphatic heterocycles. The molecule has 22 heteroatoms. The van der Waals surface area contributed by atoms with Crippen molar-refractivity contribution in [3.63, 3.8) is 0 Å². The van der Waals surface area contributed by atoms with Crippen LogP contribution in [0, 0.1) is 17.8 Å². The number of carbonyl (C=O) groups is 6. The lowest BCUT2D eigenvalue weighted by Crippen LogP contribution is -2.52. The molecule has 1 aliphatic rings. The summed E-state index contributed by atoms with van der Waals surface area (Å²) in [6, 6.07) is -3.37. The summed E-state index contributed by atoms with van der Waals surface area (Å²) in [7, 11) is -3.51. The van der Waals surface area contributed by atoms with Crippen molar-refractivity contribution < 1.29 is 71.8 Å². The molecule has 21 nitrogen and oxygen atoms in total. The van der Waals surface area contributed by atoms with E-state index >= 15 is 0 Å². The van der Waals surface area contributed by atoms with E-state index in [4.69, 9.17) is 34.6 Å². The molecule has 0 aromatic carbocycles. The SMILES string of the molecule is CCn1cncc1C[C@H](CC(=O)[C@H](CC(C)C)NC(=O)[C@@H]1CCCN1C(=O)CCOCCOC)C(=O)N[C@@H](CO)C(=O)C[C@H](C(N)=O)[C@@H](C)OP(=O)(O)O.O=C=O. The lowest BCUT2D eigenvalue weighted by atomic mass is 9.89. The first kappa shape index (κ1) is 50.8. The maximum Gasteiger partial charge on any atom is 0.469 e. The number of nitrogens with two attached hydrogens (primary N) is 1. The number of hydrogen-bond acceptors (Lipinski definition) is 14. The van der Waals surface area contributed by atoms with Crippen LogP contribution in [0.4, 0.5) is 0 Å². The van der Waals surface area contributed by atoms with E-state index in [1.807, 2.05) is 20.8 Å². The second kappa shape index (κ2) is 25.9. The summed E-state index contributed by atoms with van der Waals surface area (Å²) >= 11 is 0. The number of aromatic nitrogens is 2. The predicted molar refractivity (Wildman–Crippen MR) is 197 cm³/mol. The third kappa shape index (κ3) is 18.3. The van der Waals surface area contributed by atoms with Gasteiger partial charge in [0.05, 0.1) is 63.2 Å². The van der Waals surface area contributed by atoms with Gasteiger partial charge >= 0.3 is 14.0 Å². The quantitative estimate of drug-likeness (QED) is 0.0484. The van der Waals surface area contributed by atoms with Crippen LogP contribution < -0.4 is 16.4 Å². The third-order valence-corrected chi connectivity index (χ3v) is 9.74. The first-order chi connectivity index (χ1) is 26.8. The fraction of sp³-hybridized carbons (Fsp3) is 0.714. The van der Waals surface area contributed by atoms with E-state index < -0.39 is 86.2 Å². The lowest BCUT2D eigenvalue weighted by Gasteiger charge is -2.28. The zero-order valence-electron chi connectivity index (χ0n) is 33.0. The zero-order chi connectivity index (χ0) is 43.3. The highest BCUT2D eigenvalue weighted by Crippen LogP contribution is 2.39. The molecule has 0 unspecified atom stereocenters. The molecule has 1 fully saturated rings. The molecule has 0 saturated carbocycles. The van der Waals surface area contributed by atoms with Crippen molar-refractivity contribution in [2.75, 3.05) is 40.1 Å². The third-order valence-electron chi connectivity index (χ3n) is 9.14. The summed E-state index contributed by atoms with van der Waals surface area (Å²) < 4.78 is 28.0. The molecule has 0 aliphatic carbocycles. The van der Waals surface area contributed by atoms with E-state index in [1.54, 1.807) is 10.9 Å². The Hall–Kier alpha value is -4.20. The number of nitrogens with zero attached hydrogens (tertiary/aromatic N) is 3. The van der Waals surface area contributed by atoms with Gasteiger partial charge in [-0.25, -0.2) is 9.55 Å². The Morgan fingerprint density at radius 2 is 1.68 bits per heavy atom. The standard InChI is InChI=1S/C34H57N6O13P.CO2/c1-6-39-20-36-18-24(39)15-23(33(46)38-27(19-41)30(43)17-25(32(35)45)22(4)53-54(48,49)50)16-29(42)26(14-21(2)3)37-34(47)28-8-7-10-40(28)31(44)9-11-52-13-12-51-5;2-1-3/h18,20-23,25-28,41H,6-17,19H2,1-5H3,(H2,35,45)(H,37,47)(H,38,46)(H2,48,49,50);/t22-,23-,25+,26+,27+,28+;/m1./s1. The van der Waals surface area contributed by atoms with Crippen LogP contribution in [0.3, 0.4) is 0 Å². The van der Waals surface area contributed by atoms with Gasteiger partial charge < -0.3 is 50.2 Å². The fourth-order valence-electron chi connectivity index (χ4n) is 6.26. The van der Waals surface area contributed by atoms with Crippen LogP contribution in [0.15, 0.2) is 12.5 Å². The van der Waals surface area contributed by atoms with E-state index in [1.165, 1.54) is 18.2 Å². The van der Waals surface area contributed by atoms with Crippen molar-refractivity contribution >= 4 is 49.2 Å². The molecule has 0 spiro atoms. The number of phosphoric ester groups is 1. The van der Waals surface area contributed by atoms with Crippen molar-refractivity contribution in [1.82, 2.24) is 25.1 Å². The number of ketones is 2. The lowest BCUT2D eigenvalue weighted by molar-refractivity contribution is -0.191. The average Bonchev–Trinajstić information content (AvgIpc) is 3.81. The van der Waals surface area contributed by atoms with Crippen LogP contribution in [0.25, 0.3) is 0 Å². The molecule has 4 amide bonds. The Morgan fingerprint density at radius 3 is 2.25 bits per heavy atom. The van der Waals surface area contributed by atoms with Crippen LogP contribution in [0.1, 0.15) is 71.9 Å². The number of ether oxygens (including phenoxy) is 2.